The van der Waals surface area contributed by atoms with Gasteiger partial charge in [0, 0.05) is 31.0 Å². The highest BCUT2D eigenvalue weighted by Gasteiger charge is 2.65. The number of hydrogen-bond acceptors (Lipinski definition) is 5. The number of hydrogen-bond donors (Lipinski definition) is 2. The summed E-state index contributed by atoms with van der Waals surface area (Å²) in [6.45, 7) is 2.75. The third-order valence-electron chi connectivity index (χ3n) is 5.89. The molecule has 0 aromatic carbocycles. The van der Waals surface area contributed by atoms with Crippen LogP contribution in [-0.2, 0) is 4.74 Å². The molecule has 2 heterocycles. The Labute approximate surface area is 135 Å². The molecule has 1 aromatic heterocycles. The topological polar surface area (TPSA) is 63.2 Å². The molecule has 3 fully saturated rings. The van der Waals surface area contributed by atoms with Gasteiger partial charge in [-0.2, -0.15) is 4.37 Å². The van der Waals surface area contributed by atoms with E-state index in [0.717, 1.165) is 23.7 Å². The minimum atomic E-state index is 0.0252. The number of nitrogens with zero attached hydrogens (tertiary/aromatic N) is 1. The van der Waals surface area contributed by atoms with Gasteiger partial charge in [0.05, 0.1) is 17.4 Å². The van der Waals surface area contributed by atoms with Crippen molar-refractivity contribution in [1.82, 2.24) is 9.69 Å². The van der Waals surface area contributed by atoms with Crippen LogP contribution in [0, 0.1) is 18.3 Å². The van der Waals surface area contributed by atoms with Gasteiger partial charge >= 0.3 is 0 Å². The van der Waals surface area contributed by atoms with Crippen LogP contribution in [0.15, 0.2) is 0 Å². The molecule has 4 rings (SSSR count). The lowest BCUT2D eigenvalue weighted by atomic mass is 9.54. The first-order chi connectivity index (χ1) is 10.7. The lowest BCUT2D eigenvalue weighted by molar-refractivity contribution is -0.126. The summed E-state index contributed by atoms with van der Waals surface area (Å²) in [6, 6.07) is 0.277. The number of nitrogens with one attached hydrogen (secondary N) is 2. The van der Waals surface area contributed by atoms with Gasteiger partial charge in [-0.1, -0.05) is 12.8 Å². The van der Waals surface area contributed by atoms with E-state index >= 15 is 0 Å². The second-order valence-corrected chi connectivity index (χ2v) is 7.63. The van der Waals surface area contributed by atoms with Gasteiger partial charge < -0.3 is 15.4 Å². The van der Waals surface area contributed by atoms with Crippen molar-refractivity contribution in [2.75, 3.05) is 19.0 Å². The number of aryl methyl sites for hydroxylation is 1. The smallest absolute Gasteiger partial charge is 0.256 e. The fourth-order valence-corrected chi connectivity index (χ4v) is 5.67. The number of carbonyl (C=O) groups is 1. The molecule has 3 aliphatic rings. The van der Waals surface area contributed by atoms with Crippen LogP contribution in [-0.4, -0.2) is 36.1 Å². The third kappa shape index (κ3) is 1.86. The Bertz CT molecular complexity index is 594. The molecule has 6 heteroatoms. The number of rotatable bonds is 3. The predicted octanol–water partition coefficient (Wildman–Crippen LogP) is 2.57. The van der Waals surface area contributed by atoms with Crippen molar-refractivity contribution < 1.29 is 9.53 Å². The van der Waals surface area contributed by atoms with E-state index in [1.54, 1.807) is 0 Å². The number of anilines is 1. The Hall–Kier alpha value is -1.14. The molecule has 2 N–H and O–H groups in total. The summed E-state index contributed by atoms with van der Waals surface area (Å²) in [5.41, 5.74) is 1.72. The van der Waals surface area contributed by atoms with Crippen molar-refractivity contribution in [2.24, 2.45) is 11.3 Å². The molecule has 2 aliphatic carbocycles. The largest absolute Gasteiger partial charge is 0.378 e. The molecule has 1 spiro atoms. The minimum Gasteiger partial charge on any atom is -0.378 e. The Morgan fingerprint density at radius 3 is 2.91 bits per heavy atom. The highest BCUT2D eigenvalue weighted by atomic mass is 32.1. The van der Waals surface area contributed by atoms with Crippen molar-refractivity contribution >= 4 is 22.4 Å². The number of aromatic nitrogens is 1. The minimum absolute atomic E-state index is 0.0252. The monoisotopic (exact) mass is 321 g/mol. The fraction of sp³-hybridized carbons (Fsp3) is 0.750. The average Bonchev–Trinajstić information content (AvgIpc) is 3.22. The van der Waals surface area contributed by atoms with Crippen LogP contribution in [0.1, 0.15) is 48.2 Å². The van der Waals surface area contributed by atoms with Gasteiger partial charge in [0.1, 0.15) is 5.00 Å². The van der Waals surface area contributed by atoms with Crippen molar-refractivity contribution in [3.63, 3.8) is 0 Å². The highest BCUT2D eigenvalue weighted by molar-refractivity contribution is 7.10. The molecule has 0 radical (unpaired) electrons. The summed E-state index contributed by atoms with van der Waals surface area (Å²) in [5, 5.41) is 7.29. The van der Waals surface area contributed by atoms with Gasteiger partial charge in [0.2, 0.25) is 0 Å². The summed E-state index contributed by atoms with van der Waals surface area (Å²) in [5.74, 6) is 0.532. The second-order valence-electron chi connectivity index (χ2n) is 6.86. The molecule has 1 amide bonds. The maximum absolute atomic E-state index is 12.8. The SMILES string of the molecule is CNc1snc(C)c1C(=O)N[C@@H]1[C@@H]2CCO[C@@H]2C12CCCC2. The van der Waals surface area contributed by atoms with Crippen LogP contribution in [0.4, 0.5) is 5.00 Å². The van der Waals surface area contributed by atoms with Gasteiger partial charge in [-0.05, 0) is 37.7 Å². The van der Waals surface area contributed by atoms with E-state index in [4.69, 9.17) is 4.74 Å². The lowest BCUT2D eigenvalue weighted by Crippen LogP contribution is -2.68. The molecule has 0 bridgehead atoms. The van der Waals surface area contributed by atoms with Crippen LogP contribution < -0.4 is 10.6 Å². The molecule has 1 saturated heterocycles. The Balaban J connectivity index is 1.57. The molecule has 1 aromatic rings. The van der Waals surface area contributed by atoms with Crippen molar-refractivity contribution in [3.8, 4) is 0 Å². The maximum atomic E-state index is 12.8. The summed E-state index contributed by atoms with van der Waals surface area (Å²) in [6.07, 6.45) is 6.37. The first-order valence-corrected chi connectivity index (χ1v) is 9.01. The van der Waals surface area contributed by atoms with E-state index in [1.165, 1.54) is 37.2 Å². The van der Waals surface area contributed by atoms with Gasteiger partial charge in [-0.15, -0.1) is 0 Å². The summed E-state index contributed by atoms with van der Waals surface area (Å²) in [7, 11) is 1.84. The molecule has 0 unspecified atom stereocenters. The average molecular weight is 321 g/mol. The Kier molecular flexibility index (Phi) is 3.42. The standard InChI is InChI=1S/C16H23N3O2S/c1-9-11(15(17-2)22-19-9)14(20)18-12-10-5-8-21-13(10)16(12)6-3-4-7-16/h10,12-13,17H,3-8H2,1-2H3,(H,18,20)/t10-,12+,13-/m0/s1. The second kappa shape index (κ2) is 5.20. The van der Waals surface area contributed by atoms with E-state index in [-0.39, 0.29) is 17.4 Å². The predicted molar refractivity (Wildman–Crippen MR) is 86.4 cm³/mol. The molecule has 2 saturated carbocycles. The van der Waals surface area contributed by atoms with E-state index in [0.29, 0.717) is 17.6 Å². The van der Waals surface area contributed by atoms with E-state index in [1.807, 2.05) is 14.0 Å². The van der Waals surface area contributed by atoms with Gasteiger partial charge in [-0.3, -0.25) is 4.79 Å². The normalized spacial score (nSPS) is 31.8. The number of amides is 1. The van der Waals surface area contributed by atoms with Gasteiger partial charge in [-0.25, -0.2) is 0 Å². The maximum Gasteiger partial charge on any atom is 0.256 e. The quantitative estimate of drug-likeness (QED) is 0.898. The molecular weight excluding hydrogens is 298 g/mol. The number of fused-ring (bicyclic) bond motifs is 2. The Morgan fingerprint density at radius 1 is 1.41 bits per heavy atom. The van der Waals surface area contributed by atoms with Crippen LogP contribution in [0.3, 0.4) is 0 Å². The highest BCUT2D eigenvalue weighted by Crippen LogP contribution is 2.60. The first kappa shape index (κ1) is 14.5. The van der Waals surface area contributed by atoms with Crippen LogP contribution in [0.25, 0.3) is 0 Å². The molecule has 120 valence electrons. The summed E-state index contributed by atoms with van der Waals surface area (Å²) >= 11 is 1.35. The van der Waals surface area contributed by atoms with Crippen molar-refractivity contribution in [3.05, 3.63) is 11.3 Å². The zero-order valence-corrected chi connectivity index (χ0v) is 14.0. The third-order valence-corrected chi connectivity index (χ3v) is 6.85. The van der Waals surface area contributed by atoms with Crippen molar-refractivity contribution in [1.29, 1.82) is 0 Å². The molecular formula is C16H23N3O2S. The molecule has 3 atom stereocenters. The fourth-order valence-electron chi connectivity index (χ4n) is 4.93. The zero-order chi connectivity index (χ0) is 15.3. The molecule has 5 nitrogen and oxygen atoms in total. The van der Waals surface area contributed by atoms with Gasteiger partial charge in [0.15, 0.2) is 0 Å². The molecule has 22 heavy (non-hydrogen) atoms. The van der Waals surface area contributed by atoms with Gasteiger partial charge in [0.25, 0.3) is 5.91 Å². The lowest BCUT2D eigenvalue weighted by Gasteiger charge is -2.56. The summed E-state index contributed by atoms with van der Waals surface area (Å²) < 4.78 is 10.3. The zero-order valence-electron chi connectivity index (χ0n) is 13.1. The summed E-state index contributed by atoms with van der Waals surface area (Å²) in [4.78, 5) is 12.8. The van der Waals surface area contributed by atoms with Crippen LogP contribution >= 0.6 is 11.5 Å². The number of ether oxygens (including phenoxy) is 1. The van der Waals surface area contributed by atoms with E-state index in [9.17, 15) is 4.79 Å². The Morgan fingerprint density at radius 2 is 2.18 bits per heavy atom. The molecule has 1 aliphatic heterocycles. The van der Waals surface area contributed by atoms with Crippen LogP contribution in [0.2, 0.25) is 0 Å². The van der Waals surface area contributed by atoms with E-state index in [2.05, 4.69) is 15.0 Å². The first-order valence-electron chi connectivity index (χ1n) is 8.24. The van der Waals surface area contributed by atoms with E-state index < -0.39 is 0 Å². The number of carbonyl (C=O) groups excluding carboxylic acids is 1. The van der Waals surface area contributed by atoms with Crippen molar-refractivity contribution in [2.45, 2.75) is 51.2 Å². The van der Waals surface area contributed by atoms with Crippen LogP contribution in [0.5, 0.6) is 0 Å².